The number of aryl methyl sites for hydroxylation is 2. The number of amides is 1. The average Bonchev–Trinajstić information content (AvgIpc) is 2.73. The van der Waals surface area contributed by atoms with Crippen LogP contribution in [0.5, 0.6) is 5.75 Å². The molecule has 0 spiro atoms. The minimum atomic E-state index is -0.359. The van der Waals surface area contributed by atoms with Crippen LogP contribution in [0.15, 0.2) is 18.2 Å². The van der Waals surface area contributed by atoms with E-state index in [1.165, 1.54) is 11.8 Å². The van der Waals surface area contributed by atoms with Crippen molar-refractivity contribution < 1.29 is 9.53 Å². The molecule has 112 valence electrons. The van der Waals surface area contributed by atoms with Crippen molar-refractivity contribution >= 4 is 28.9 Å². The molecule has 7 heteroatoms. The SMILES string of the molecule is CCc1nn(C)c(C(=O)Nc2cc(Cl)ccc2OC)c1N. The quantitative estimate of drug-likeness (QED) is 0.909. The molecule has 0 atom stereocenters. The van der Waals surface area contributed by atoms with Crippen LogP contribution < -0.4 is 15.8 Å². The Morgan fingerprint density at radius 2 is 2.24 bits per heavy atom. The van der Waals surface area contributed by atoms with E-state index in [9.17, 15) is 4.79 Å². The summed E-state index contributed by atoms with van der Waals surface area (Å²) >= 11 is 5.94. The van der Waals surface area contributed by atoms with E-state index in [2.05, 4.69) is 10.4 Å². The first kappa shape index (κ1) is 15.2. The van der Waals surface area contributed by atoms with Crippen molar-refractivity contribution in [3.63, 3.8) is 0 Å². The Morgan fingerprint density at radius 3 is 2.81 bits per heavy atom. The highest BCUT2D eigenvalue weighted by Crippen LogP contribution is 2.28. The van der Waals surface area contributed by atoms with Crippen molar-refractivity contribution in [2.45, 2.75) is 13.3 Å². The fourth-order valence-electron chi connectivity index (χ4n) is 2.09. The van der Waals surface area contributed by atoms with E-state index in [0.717, 1.165) is 0 Å². The molecule has 6 nitrogen and oxygen atoms in total. The molecule has 0 saturated heterocycles. The zero-order chi connectivity index (χ0) is 15.6. The number of methoxy groups -OCH3 is 1. The molecular formula is C14H17ClN4O2. The third-order valence-electron chi connectivity index (χ3n) is 3.12. The number of nitrogen functional groups attached to an aromatic ring is 1. The van der Waals surface area contributed by atoms with Crippen LogP contribution in [0, 0.1) is 0 Å². The van der Waals surface area contributed by atoms with E-state index in [4.69, 9.17) is 22.1 Å². The Labute approximate surface area is 127 Å². The number of carbonyl (C=O) groups is 1. The monoisotopic (exact) mass is 308 g/mol. The molecule has 1 aromatic carbocycles. The van der Waals surface area contributed by atoms with Crippen molar-refractivity contribution in [1.82, 2.24) is 9.78 Å². The molecule has 2 rings (SSSR count). The molecule has 0 aliphatic rings. The topological polar surface area (TPSA) is 82.2 Å². The molecule has 2 aromatic rings. The van der Waals surface area contributed by atoms with Crippen LogP contribution in [0.25, 0.3) is 0 Å². The summed E-state index contributed by atoms with van der Waals surface area (Å²) in [5, 5.41) is 7.47. The predicted octanol–water partition coefficient (Wildman–Crippen LogP) is 2.48. The van der Waals surface area contributed by atoms with Gasteiger partial charge in [-0.3, -0.25) is 9.48 Å². The molecule has 1 heterocycles. The molecule has 0 saturated carbocycles. The Morgan fingerprint density at radius 1 is 1.52 bits per heavy atom. The molecule has 0 bridgehead atoms. The maximum atomic E-state index is 12.4. The second-order valence-corrected chi connectivity index (χ2v) is 4.92. The van der Waals surface area contributed by atoms with E-state index in [-0.39, 0.29) is 5.91 Å². The molecule has 1 amide bonds. The standard InChI is InChI=1S/C14H17ClN4O2/c1-4-9-12(16)13(19(2)18-9)14(20)17-10-7-8(15)5-6-11(10)21-3/h5-7H,4,16H2,1-3H3,(H,17,20). The summed E-state index contributed by atoms with van der Waals surface area (Å²) in [4.78, 5) is 12.4. The maximum absolute atomic E-state index is 12.4. The normalized spacial score (nSPS) is 10.5. The lowest BCUT2D eigenvalue weighted by Gasteiger charge is -2.11. The first-order valence-electron chi connectivity index (χ1n) is 6.44. The largest absolute Gasteiger partial charge is 0.495 e. The van der Waals surface area contributed by atoms with Crippen LogP contribution in [-0.4, -0.2) is 22.8 Å². The third-order valence-corrected chi connectivity index (χ3v) is 3.36. The molecule has 1 aromatic heterocycles. The minimum absolute atomic E-state index is 0.314. The van der Waals surface area contributed by atoms with Gasteiger partial charge in [-0.15, -0.1) is 0 Å². The van der Waals surface area contributed by atoms with Crippen molar-refractivity contribution in [1.29, 1.82) is 0 Å². The van der Waals surface area contributed by atoms with Crippen molar-refractivity contribution in [2.75, 3.05) is 18.2 Å². The van der Waals surface area contributed by atoms with Gasteiger partial charge in [0.2, 0.25) is 0 Å². The van der Waals surface area contributed by atoms with E-state index in [1.54, 1.807) is 25.2 Å². The van der Waals surface area contributed by atoms with Gasteiger partial charge in [-0.05, 0) is 24.6 Å². The van der Waals surface area contributed by atoms with Crippen LogP contribution in [0.3, 0.4) is 0 Å². The van der Waals surface area contributed by atoms with Gasteiger partial charge >= 0.3 is 0 Å². The molecule has 0 unspecified atom stereocenters. The van der Waals surface area contributed by atoms with Crippen molar-refractivity contribution in [3.05, 3.63) is 34.6 Å². The number of hydrogen-bond donors (Lipinski definition) is 2. The Bertz CT molecular complexity index is 682. The van der Waals surface area contributed by atoms with E-state index in [0.29, 0.717) is 40.0 Å². The number of rotatable bonds is 4. The lowest BCUT2D eigenvalue weighted by Crippen LogP contribution is -2.18. The lowest BCUT2D eigenvalue weighted by atomic mass is 10.2. The lowest BCUT2D eigenvalue weighted by molar-refractivity contribution is 0.101. The molecule has 0 aliphatic heterocycles. The second kappa shape index (κ2) is 6.05. The fraction of sp³-hybridized carbons (Fsp3) is 0.286. The Hall–Kier alpha value is -2.21. The van der Waals surface area contributed by atoms with Gasteiger partial charge in [0.1, 0.15) is 11.4 Å². The van der Waals surface area contributed by atoms with Gasteiger partial charge in [0.05, 0.1) is 24.2 Å². The van der Waals surface area contributed by atoms with E-state index < -0.39 is 0 Å². The van der Waals surface area contributed by atoms with Crippen LogP contribution in [0.4, 0.5) is 11.4 Å². The minimum Gasteiger partial charge on any atom is -0.495 e. The van der Waals surface area contributed by atoms with Crippen LogP contribution >= 0.6 is 11.6 Å². The van der Waals surface area contributed by atoms with Crippen LogP contribution in [-0.2, 0) is 13.5 Å². The molecule has 3 N–H and O–H groups in total. The fourth-order valence-corrected chi connectivity index (χ4v) is 2.26. The molecule has 0 fully saturated rings. The predicted molar refractivity (Wildman–Crippen MR) is 83.0 cm³/mol. The summed E-state index contributed by atoms with van der Waals surface area (Å²) in [6.07, 6.45) is 0.660. The molecular weight excluding hydrogens is 292 g/mol. The number of halogens is 1. The van der Waals surface area contributed by atoms with Crippen molar-refractivity contribution in [3.8, 4) is 5.75 Å². The number of nitrogens with zero attached hydrogens (tertiary/aromatic N) is 2. The number of carbonyl (C=O) groups excluding carboxylic acids is 1. The van der Waals surface area contributed by atoms with E-state index >= 15 is 0 Å². The molecule has 0 aliphatic carbocycles. The first-order chi connectivity index (χ1) is 9.97. The molecule has 21 heavy (non-hydrogen) atoms. The van der Waals surface area contributed by atoms with Gasteiger partial charge < -0.3 is 15.8 Å². The number of hydrogen-bond acceptors (Lipinski definition) is 4. The second-order valence-electron chi connectivity index (χ2n) is 4.48. The van der Waals surface area contributed by atoms with Gasteiger partial charge in [-0.1, -0.05) is 18.5 Å². The number of nitrogens with one attached hydrogen (secondary N) is 1. The van der Waals surface area contributed by atoms with Crippen LogP contribution in [0.1, 0.15) is 23.1 Å². The summed E-state index contributed by atoms with van der Waals surface area (Å²) in [6.45, 7) is 1.93. The van der Waals surface area contributed by atoms with E-state index in [1.807, 2.05) is 6.92 Å². The van der Waals surface area contributed by atoms with Gasteiger partial charge in [-0.2, -0.15) is 5.10 Å². The highest BCUT2D eigenvalue weighted by atomic mass is 35.5. The maximum Gasteiger partial charge on any atom is 0.276 e. The summed E-state index contributed by atoms with van der Waals surface area (Å²) < 4.78 is 6.67. The number of anilines is 2. The number of ether oxygens (including phenoxy) is 1. The number of nitrogens with two attached hydrogens (primary N) is 1. The zero-order valence-corrected chi connectivity index (χ0v) is 12.9. The molecule has 0 radical (unpaired) electrons. The average molecular weight is 309 g/mol. The Balaban J connectivity index is 2.35. The van der Waals surface area contributed by atoms with Crippen molar-refractivity contribution in [2.24, 2.45) is 7.05 Å². The zero-order valence-electron chi connectivity index (χ0n) is 12.1. The summed E-state index contributed by atoms with van der Waals surface area (Å²) in [5.41, 5.74) is 7.84. The summed E-state index contributed by atoms with van der Waals surface area (Å²) in [7, 11) is 3.20. The smallest absolute Gasteiger partial charge is 0.276 e. The van der Waals surface area contributed by atoms with Gasteiger partial charge in [-0.25, -0.2) is 0 Å². The summed E-state index contributed by atoms with van der Waals surface area (Å²) in [5.74, 6) is 0.159. The number of aromatic nitrogens is 2. The van der Waals surface area contributed by atoms with Gasteiger partial charge in [0.15, 0.2) is 0 Å². The van der Waals surface area contributed by atoms with Crippen LogP contribution in [0.2, 0.25) is 5.02 Å². The highest BCUT2D eigenvalue weighted by Gasteiger charge is 2.20. The highest BCUT2D eigenvalue weighted by molar-refractivity contribution is 6.31. The van der Waals surface area contributed by atoms with Gasteiger partial charge in [0, 0.05) is 12.1 Å². The Kier molecular flexibility index (Phi) is 4.37. The summed E-state index contributed by atoms with van der Waals surface area (Å²) in [6, 6.07) is 4.98. The number of benzene rings is 1. The third kappa shape index (κ3) is 2.95. The first-order valence-corrected chi connectivity index (χ1v) is 6.82. The van der Waals surface area contributed by atoms with Gasteiger partial charge in [0.25, 0.3) is 5.91 Å².